The second kappa shape index (κ2) is 10.7. The molecule has 2 nitrogen and oxygen atoms in total. The highest BCUT2D eigenvalue weighted by Gasteiger charge is 2.32. The number of aryl methyl sites for hydroxylation is 1. The van der Waals surface area contributed by atoms with Crippen LogP contribution in [-0.4, -0.2) is 10.7 Å². The van der Waals surface area contributed by atoms with E-state index >= 15 is 0 Å². The molecular weight excluding hydrogens is 356 g/mol. The molecule has 29 heavy (non-hydrogen) atoms. The van der Waals surface area contributed by atoms with Gasteiger partial charge in [0.15, 0.2) is 0 Å². The average Bonchev–Trinajstić information content (AvgIpc) is 2.66. The van der Waals surface area contributed by atoms with E-state index in [1.54, 1.807) is 0 Å². The monoisotopic (exact) mass is 396 g/mol. The Kier molecular flexibility index (Phi) is 8.61. The van der Waals surface area contributed by atoms with Crippen molar-refractivity contribution in [2.24, 2.45) is 0 Å². The first-order valence-corrected chi connectivity index (χ1v) is 11.2. The Morgan fingerprint density at radius 3 is 2.48 bits per heavy atom. The molecule has 1 atom stereocenters. The number of benzene rings is 1. The molecule has 0 aliphatic carbocycles. The third kappa shape index (κ3) is 7.10. The zero-order valence-electron chi connectivity index (χ0n) is 19.4. The summed E-state index contributed by atoms with van der Waals surface area (Å²) in [6, 6.07) is 1.88. The van der Waals surface area contributed by atoms with Crippen LogP contribution in [0.4, 0.5) is 0 Å². The zero-order chi connectivity index (χ0) is 21.4. The maximum absolute atomic E-state index is 10.1. The minimum Gasteiger partial charge on any atom is -0.508 e. The molecule has 1 aliphatic rings. The topological polar surface area (TPSA) is 29.5 Å². The Balaban J connectivity index is 1.76. The van der Waals surface area contributed by atoms with E-state index in [9.17, 15) is 5.11 Å². The summed E-state index contributed by atoms with van der Waals surface area (Å²) in [5, 5.41) is 10.1. The normalized spacial score (nSPS) is 19.2. The number of unbranched alkanes of at least 4 members (excludes halogenated alkanes) is 1. The summed E-state index contributed by atoms with van der Waals surface area (Å²) in [6.07, 6.45) is 17.9. The molecule has 0 aromatic heterocycles. The maximum atomic E-state index is 10.1. The first-order chi connectivity index (χ1) is 13.7. The van der Waals surface area contributed by atoms with Crippen molar-refractivity contribution in [1.82, 2.24) is 0 Å². The van der Waals surface area contributed by atoms with E-state index in [1.807, 2.05) is 13.0 Å². The molecule has 0 saturated heterocycles. The number of rotatable bonds is 9. The SMILES string of the molecule is CC(C)=CCC/C(C)=C/CC/C=C/CCC1(C)CCc2cc(O)c(C)c(C)c2O1. The number of aromatic hydroxyl groups is 1. The van der Waals surface area contributed by atoms with Crippen LogP contribution in [0.3, 0.4) is 0 Å². The summed E-state index contributed by atoms with van der Waals surface area (Å²) in [6.45, 7) is 12.8. The van der Waals surface area contributed by atoms with Crippen LogP contribution < -0.4 is 4.74 Å². The molecule has 0 radical (unpaired) electrons. The van der Waals surface area contributed by atoms with Crippen molar-refractivity contribution in [2.45, 2.75) is 98.5 Å². The third-order valence-corrected chi connectivity index (χ3v) is 6.09. The molecule has 0 bridgehead atoms. The highest BCUT2D eigenvalue weighted by Crippen LogP contribution is 2.41. The number of hydrogen-bond acceptors (Lipinski definition) is 2. The van der Waals surface area contributed by atoms with Crippen LogP contribution in [0, 0.1) is 13.8 Å². The van der Waals surface area contributed by atoms with Crippen LogP contribution in [0.1, 0.15) is 89.3 Å². The standard InChI is InChI=1S/C27H40O2/c1-20(2)13-12-15-21(3)14-10-8-7-9-11-17-27(6)18-16-24-19-25(28)22(4)23(5)26(24)29-27/h7,9,13-14,19,28H,8,10-12,15-18H2,1-6H3/b9-7+,21-14+. The van der Waals surface area contributed by atoms with Crippen molar-refractivity contribution in [3.63, 3.8) is 0 Å². The van der Waals surface area contributed by atoms with E-state index in [1.165, 1.54) is 17.6 Å². The van der Waals surface area contributed by atoms with Gasteiger partial charge in [-0.15, -0.1) is 0 Å². The van der Waals surface area contributed by atoms with E-state index in [0.717, 1.165) is 67.4 Å². The summed E-state index contributed by atoms with van der Waals surface area (Å²) in [5.74, 6) is 1.38. The molecular formula is C27H40O2. The molecule has 1 aliphatic heterocycles. The molecule has 1 aromatic carbocycles. The van der Waals surface area contributed by atoms with E-state index in [2.05, 4.69) is 58.9 Å². The van der Waals surface area contributed by atoms with Gasteiger partial charge in [0.2, 0.25) is 0 Å². The van der Waals surface area contributed by atoms with Crippen molar-refractivity contribution in [1.29, 1.82) is 0 Å². The number of ether oxygens (including phenoxy) is 1. The van der Waals surface area contributed by atoms with Crippen molar-refractivity contribution in [3.05, 3.63) is 58.2 Å². The predicted molar refractivity (Wildman–Crippen MR) is 125 cm³/mol. The van der Waals surface area contributed by atoms with Crippen molar-refractivity contribution < 1.29 is 9.84 Å². The van der Waals surface area contributed by atoms with Gasteiger partial charge in [-0.05, 0) is 116 Å². The van der Waals surface area contributed by atoms with Gasteiger partial charge in [-0.25, -0.2) is 0 Å². The molecule has 1 heterocycles. The van der Waals surface area contributed by atoms with Gasteiger partial charge >= 0.3 is 0 Å². The summed E-state index contributed by atoms with van der Waals surface area (Å²) in [4.78, 5) is 0. The predicted octanol–water partition coefficient (Wildman–Crippen LogP) is 7.90. The molecule has 2 heteroatoms. The van der Waals surface area contributed by atoms with Crippen molar-refractivity contribution in [2.75, 3.05) is 0 Å². The van der Waals surface area contributed by atoms with Gasteiger partial charge in [0, 0.05) is 0 Å². The fraction of sp³-hybridized carbons (Fsp3) is 0.556. The smallest absolute Gasteiger partial charge is 0.126 e. The highest BCUT2D eigenvalue weighted by atomic mass is 16.5. The first-order valence-electron chi connectivity index (χ1n) is 11.2. The average molecular weight is 397 g/mol. The summed E-state index contributed by atoms with van der Waals surface area (Å²) < 4.78 is 6.44. The second-order valence-corrected chi connectivity index (χ2v) is 9.14. The molecule has 1 aromatic rings. The van der Waals surface area contributed by atoms with E-state index in [0.29, 0.717) is 5.75 Å². The molecule has 0 saturated carbocycles. The molecule has 1 N–H and O–H groups in total. The fourth-order valence-corrected chi connectivity index (χ4v) is 3.88. The number of phenols is 1. The molecule has 160 valence electrons. The first kappa shape index (κ1) is 23.3. The van der Waals surface area contributed by atoms with E-state index in [-0.39, 0.29) is 5.60 Å². The Hall–Kier alpha value is -1.96. The minimum atomic E-state index is -0.118. The highest BCUT2D eigenvalue weighted by molar-refractivity contribution is 5.53. The van der Waals surface area contributed by atoms with Crippen LogP contribution in [0.15, 0.2) is 41.5 Å². The quantitative estimate of drug-likeness (QED) is 0.339. The van der Waals surface area contributed by atoms with Crippen LogP contribution in [0.2, 0.25) is 0 Å². The fourth-order valence-electron chi connectivity index (χ4n) is 3.88. The second-order valence-electron chi connectivity index (χ2n) is 9.14. The Morgan fingerprint density at radius 1 is 1.03 bits per heavy atom. The minimum absolute atomic E-state index is 0.118. The molecule has 1 unspecified atom stereocenters. The van der Waals surface area contributed by atoms with E-state index < -0.39 is 0 Å². The van der Waals surface area contributed by atoms with Crippen LogP contribution in [-0.2, 0) is 6.42 Å². The van der Waals surface area contributed by atoms with Crippen LogP contribution in [0.25, 0.3) is 0 Å². The molecule has 0 fully saturated rings. The lowest BCUT2D eigenvalue weighted by molar-refractivity contribution is 0.0561. The van der Waals surface area contributed by atoms with Crippen LogP contribution >= 0.6 is 0 Å². The van der Waals surface area contributed by atoms with Crippen molar-refractivity contribution in [3.8, 4) is 11.5 Å². The lowest BCUT2D eigenvalue weighted by atomic mass is 9.87. The zero-order valence-corrected chi connectivity index (χ0v) is 19.4. The summed E-state index contributed by atoms with van der Waals surface area (Å²) in [7, 11) is 0. The van der Waals surface area contributed by atoms with Gasteiger partial charge in [-0.2, -0.15) is 0 Å². The van der Waals surface area contributed by atoms with Gasteiger partial charge in [-0.3, -0.25) is 0 Å². The summed E-state index contributed by atoms with van der Waals surface area (Å²) in [5.41, 5.74) is 5.93. The van der Waals surface area contributed by atoms with E-state index in [4.69, 9.17) is 4.74 Å². The van der Waals surface area contributed by atoms with Gasteiger partial charge in [0.1, 0.15) is 17.1 Å². The maximum Gasteiger partial charge on any atom is 0.126 e. The largest absolute Gasteiger partial charge is 0.508 e. The number of allylic oxidation sites excluding steroid dienone is 6. The Labute approximate surface area is 178 Å². The van der Waals surface area contributed by atoms with Gasteiger partial charge in [0.05, 0.1) is 0 Å². The molecule has 0 amide bonds. The molecule has 0 spiro atoms. The lowest BCUT2D eigenvalue weighted by Gasteiger charge is -2.37. The molecule has 2 rings (SSSR count). The van der Waals surface area contributed by atoms with Gasteiger partial charge in [0.25, 0.3) is 0 Å². The Morgan fingerprint density at radius 2 is 1.76 bits per heavy atom. The van der Waals surface area contributed by atoms with Gasteiger partial charge in [-0.1, -0.05) is 35.5 Å². The third-order valence-electron chi connectivity index (χ3n) is 6.09. The number of hydrogen-bond donors (Lipinski definition) is 1. The number of fused-ring (bicyclic) bond motifs is 1. The van der Waals surface area contributed by atoms with Crippen LogP contribution in [0.5, 0.6) is 11.5 Å². The Bertz CT molecular complexity index is 778. The summed E-state index contributed by atoms with van der Waals surface area (Å²) >= 11 is 0. The lowest BCUT2D eigenvalue weighted by Crippen LogP contribution is -2.36. The number of phenolic OH excluding ortho intramolecular Hbond substituents is 1. The van der Waals surface area contributed by atoms with Crippen molar-refractivity contribution >= 4 is 0 Å². The van der Waals surface area contributed by atoms with Gasteiger partial charge < -0.3 is 9.84 Å².